The smallest absolute Gasteiger partial charge is 0.124 e. The Kier molecular flexibility index (Phi) is 8.03. The van der Waals surface area contributed by atoms with Gasteiger partial charge >= 0.3 is 0 Å². The molecule has 1 heterocycles. The molecule has 27 heavy (non-hydrogen) atoms. The highest BCUT2D eigenvalue weighted by Crippen LogP contribution is 2.42. The van der Waals surface area contributed by atoms with Crippen molar-refractivity contribution in [1.82, 2.24) is 10.2 Å². The van der Waals surface area contributed by atoms with E-state index < -0.39 is 0 Å². The van der Waals surface area contributed by atoms with E-state index in [1.165, 1.54) is 6.07 Å². The Morgan fingerprint density at radius 3 is 2.67 bits per heavy atom. The molecule has 2 rings (SSSR count). The minimum atomic E-state index is -0.162. The van der Waals surface area contributed by atoms with Gasteiger partial charge in [0.05, 0.1) is 5.82 Å². The zero-order chi connectivity index (χ0) is 19.9. The molecule has 0 aliphatic carbocycles. The molecule has 0 saturated carbocycles. The summed E-state index contributed by atoms with van der Waals surface area (Å²) in [5.41, 5.74) is 1.11. The third-order valence-corrected chi connectivity index (χ3v) is 6.44. The second-order valence-electron chi connectivity index (χ2n) is 7.56. The predicted octanol–water partition coefficient (Wildman–Crippen LogP) is 6.34. The SMILES string of the molecule is C=C(NC(/C=C\C)=C/CC)N1CCC(C(C)(C)Sc2cccc(F)c2)CC1. The van der Waals surface area contributed by atoms with Crippen LogP contribution in [-0.2, 0) is 0 Å². The highest BCUT2D eigenvalue weighted by Gasteiger charge is 2.33. The van der Waals surface area contributed by atoms with Crippen LogP contribution in [0.15, 0.2) is 65.5 Å². The maximum Gasteiger partial charge on any atom is 0.124 e. The normalized spacial score (nSPS) is 16.8. The number of thioether (sulfide) groups is 1. The molecular weight excluding hydrogens is 355 g/mol. The van der Waals surface area contributed by atoms with Gasteiger partial charge in [0, 0.05) is 28.4 Å². The van der Waals surface area contributed by atoms with Crippen molar-refractivity contribution in [2.24, 2.45) is 5.92 Å². The van der Waals surface area contributed by atoms with Crippen molar-refractivity contribution in [1.29, 1.82) is 0 Å². The first kappa shape index (κ1) is 21.6. The lowest BCUT2D eigenvalue weighted by atomic mass is 9.86. The van der Waals surface area contributed by atoms with Crippen LogP contribution in [0.3, 0.4) is 0 Å². The Balaban J connectivity index is 1.91. The largest absolute Gasteiger partial charge is 0.359 e. The van der Waals surface area contributed by atoms with Crippen molar-refractivity contribution < 1.29 is 4.39 Å². The van der Waals surface area contributed by atoms with Gasteiger partial charge in [0.25, 0.3) is 0 Å². The van der Waals surface area contributed by atoms with E-state index in [1.54, 1.807) is 23.9 Å². The lowest BCUT2D eigenvalue weighted by Crippen LogP contribution is -2.42. The summed E-state index contributed by atoms with van der Waals surface area (Å²) in [5.74, 6) is 1.41. The van der Waals surface area contributed by atoms with Gasteiger partial charge in [-0.05, 0) is 56.4 Å². The Hall–Kier alpha value is -1.68. The van der Waals surface area contributed by atoms with Crippen molar-refractivity contribution in [3.63, 3.8) is 0 Å². The molecule has 1 aromatic rings. The maximum atomic E-state index is 13.5. The fourth-order valence-electron chi connectivity index (χ4n) is 3.57. The van der Waals surface area contributed by atoms with Crippen LogP contribution in [0.1, 0.15) is 47.0 Å². The van der Waals surface area contributed by atoms with Crippen molar-refractivity contribution >= 4 is 11.8 Å². The summed E-state index contributed by atoms with van der Waals surface area (Å²) in [6, 6.07) is 6.93. The fraction of sp³-hybridized carbons (Fsp3) is 0.478. The third kappa shape index (κ3) is 6.46. The van der Waals surface area contributed by atoms with E-state index in [0.29, 0.717) is 5.92 Å². The maximum absolute atomic E-state index is 13.5. The molecule has 0 radical (unpaired) electrons. The van der Waals surface area contributed by atoms with E-state index in [4.69, 9.17) is 0 Å². The lowest BCUT2D eigenvalue weighted by Gasteiger charge is -2.41. The molecular formula is C23H33FN2S. The van der Waals surface area contributed by atoms with Crippen LogP contribution >= 0.6 is 11.8 Å². The molecule has 2 nitrogen and oxygen atoms in total. The summed E-state index contributed by atoms with van der Waals surface area (Å²) in [6.45, 7) is 15.0. The quantitative estimate of drug-likeness (QED) is 0.413. The summed E-state index contributed by atoms with van der Waals surface area (Å²) in [5, 5.41) is 3.45. The number of benzene rings is 1. The molecule has 1 fully saturated rings. The van der Waals surface area contributed by atoms with Gasteiger partial charge in [-0.2, -0.15) is 0 Å². The average Bonchev–Trinajstić information content (AvgIpc) is 2.62. The van der Waals surface area contributed by atoms with E-state index in [1.807, 2.05) is 19.1 Å². The van der Waals surface area contributed by atoms with Crippen molar-refractivity contribution in [2.75, 3.05) is 13.1 Å². The van der Waals surface area contributed by atoms with E-state index in [-0.39, 0.29) is 10.6 Å². The molecule has 0 aromatic heterocycles. The zero-order valence-electron chi connectivity index (χ0n) is 17.1. The first-order valence-corrected chi connectivity index (χ1v) is 10.7. The second-order valence-corrected chi connectivity index (χ2v) is 9.29. The minimum Gasteiger partial charge on any atom is -0.359 e. The Bertz CT molecular complexity index is 685. The number of halogens is 1. The molecule has 0 unspecified atom stereocenters. The van der Waals surface area contributed by atoms with E-state index in [2.05, 4.69) is 49.7 Å². The van der Waals surface area contributed by atoms with Crippen LogP contribution < -0.4 is 5.32 Å². The number of hydrogen-bond acceptors (Lipinski definition) is 3. The second kappa shape index (κ2) is 10.0. The van der Waals surface area contributed by atoms with E-state index >= 15 is 0 Å². The summed E-state index contributed by atoms with van der Waals surface area (Å²) < 4.78 is 13.6. The predicted molar refractivity (Wildman–Crippen MR) is 116 cm³/mol. The fourth-order valence-corrected chi connectivity index (χ4v) is 4.90. The van der Waals surface area contributed by atoms with Crippen LogP contribution in [0.5, 0.6) is 0 Å². The number of nitrogens with one attached hydrogen (secondary N) is 1. The Morgan fingerprint density at radius 1 is 1.37 bits per heavy atom. The van der Waals surface area contributed by atoms with Gasteiger partial charge in [-0.3, -0.25) is 0 Å². The number of allylic oxidation sites excluding steroid dienone is 3. The monoisotopic (exact) mass is 388 g/mol. The highest BCUT2D eigenvalue weighted by molar-refractivity contribution is 8.00. The number of nitrogens with zero attached hydrogens (tertiary/aromatic N) is 1. The van der Waals surface area contributed by atoms with Gasteiger partial charge in [-0.15, -0.1) is 11.8 Å². The molecule has 148 valence electrons. The summed E-state index contributed by atoms with van der Waals surface area (Å²) in [6.07, 6.45) is 9.53. The Morgan fingerprint density at radius 2 is 2.07 bits per heavy atom. The van der Waals surface area contributed by atoms with Crippen molar-refractivity contribution in [3.8, 4) is 0 Å². The summed E-state index contributed by atoms with van der Waals surface area (Å²) >= 11 is 1.79. The highest BCUT2D eigenvalue weighted by atomic mass is 32.2. The van der Waals surface area contributed by atoms with Gasteiger partial charge in [0.15, 0.2) is 0 Å². The topological polar surface area (TPSA) is 15.3 Å². The van der Waals surface area contributed by atoms with Crippen LogP contribution in [0, 0.1) is 11.7 Å². The molecule has 0 amide bonds. The summed E-state index contributed by atoms with van der Waals surface area (Å²) in [7, 11) is 0. The zero-order valence-corrected chi connectivity index (χ0v) is 17.9. The minimum absolute atomic E-state index is 0.0763. The van der Waals surface area contributed by atoms with Gasteiger partial charge in [-0.1, -0.05) is 45.6 Å². The number of hydrogen-bond donors (Lipinski definition) is 1. The average molecular weight is 389 g/mol. The number of rotatable bonds is 8. The molecule has 0 bridgehead atoms. The molecule has 1 aliphatic heterocycles. The first-order chi connectivity index (χ1) is 12.9. The van der Waals surface area contributed by atoms with Crippen LogP contribution in [0.25, 0.3) is 0 Å². The molecule has 4 heteroatoms. The van der Waals surface area contributed by atoms with Gasteiger partial charge < -0.3 is 10.2 Å². The third-order valence-electron chi connectivity index (χ3n) is 5.10. The van der Waals surface area contributed by atoms with Gasteiger partial charge in [0.1, 0.15) is 5.82 Å². The molecule has 1 aliphatic rings. The molecule has 0 spiro atoms. The number of piperidine rings is 1. The van der Waals surface area contributed by atoms with E-state index in [0.717, 1.165) is 48.8 Å². The molecule has 1 saturated heterocycles. The number of likely N-dealkylation sites (tertiary alicyclic amines) is 1. The standard InChI is InChI=1S/C23H33FN2S/c1-6-9-21(10-7-2)25-18(3)26-15-13-19(14-16-26)23(4,5)27-22-12-8-11-20(24)17-22/h6,8-12,17,19,25H,3,7,13-16H2,1-2,4-5H3/b9-6-,21-10+. The van der Waals surface area contributed by atoms with Gasteiger partial charge in [0.2, 0.25) is 0 Å². The van der Waals surface area contributed by atoms with Crippen molar-refractivity contribution in [3.05, 3.63) is 66.4 Å². The van der Waals surface area contributed by atoms with Crippen LogP contribution in [-0.4, -0.2) is 22.7 Å². The van der Waals surface area contributed by atoms with Crippen molar-refractivity contribution in [2.45, 2.75) is 56.6 Å². The summed E-state index contributed by atoms with van der Waals surface area (Å²) in [4.78, 5) is 3.35. The van der Waals surface area contributed by atoms with Crippen LogP contribution in [0.2, 0.25) is 0 Å². The van der Waals surface area contributed by atoms with Gasteiger partial charge in [-0.25, -0.2) is 4.39 Å². The van der Waals surface area contributed by atoms with Crippen LogP contribution in [0.4, 0.5) is 4.39 Å². The molecule has 1 aromatic carbocycles. The lowest BCUT2D eigenvalue weighted by molar-refractivity contribution is 0.197. The molecule has 1 N–H and O–H groups in total. The molecule has 0 atom stereocenters. The Labute approximate surface area is 168 Å². The first-order valence-electron chi connectivity index (χ1n) is 9.84. The van der Waals surface area contributed by atoms with E-state index in [9.17, 15) is 4.39 Å².